The van der Waals surface area contributed by atoms with Crippen LogP contribution in [0, 0.1) is 0 Å². The zero-order chi connectivity index (χ0) is 16.1. The predicted molar refractivity (Wildman–Crippen MR) is 92.3 cm³/mol. The van der Waals surface area contributed by atoms with Crippen LogP contribution in [-0.2, 0) is 6.61 Å². The third-order valence-corrected chi connectivity index (χ3v) is 3.70. The summed E-state index contributed by atoms with van der Waals surface area (Å²) in [6.07, 6.45) is 1.74. The molecule has 0 saturated heterocycles. The van der Waals surface area contributed by atoms with Gasteiger partial charge in [0.15, 0.2) is 0 Å². The topological polar surface area (TPSA) is 42.4 Å². The molecule has 0 aliphatic heterocycles. The molecule has 23 heavy (non-hydrogen) atoms. The molecule has 0 aliphatic carbocycles. The summed E-state index contributed by atoms with van der Waals surface area (Å²) in [5, 5.41) is 11.0. The van der Waals surface area contributed by atoms with E-state index in [0.717, 1.165) is 27.9 Å². The van der Waals surface area contributed by atoms with Gasteiger partial charge in [-0.15, -0.1) is 6.58 Å². The monoisotopic (exact) mass is 305 g/mol. The van der Waals surface area contributed by atoms with Crippen molar-refractivity contribution in [1.29, 1.82) is 0 Å². The summed E-state index contributed by atoms with van der Waals surface area (Å²) in [5.41, 5.74) is 2.72. The fourth-order valence-electron chi connectivity index (χ4n) is 2.43. The normalized spacial score (nSPS) is 12.0. The van der Waals surface area contributed by atoms with Crippen molar-refractivity contribution in [2.75, 3.05) is 0 Å². The van der Waals surface area contributed by atoms with Gasteiger partial charge in [-0.25, -0.2) is 4.98 Å². The second kappa shape index (κ2) is 7.07. The van der Waals surface area contributed by atoms with Gasteiger partial charge in [0.1, 0.15) is 12.4 Å². The predicted octanol–water partition coefficient (Wildman–Crippen LogP) is 4.42. The highest BCUT2D eigenvalue weighted by Gasteiger charge is 2.05. The van der Waals surface area contributed by atoms with Crippen molar-refractivity contribution in [2.45, 2.75) is 19.1 Å². The van der Waals surface area contributed by atoms with Crippen LogP contribution < -0.4 is 4.74 Å². The van der Waals surface area contributed by atoms with Crippen molar-refractivity contribution in [3.05, 3.63) is 84.6 Å². The highest BCUT2D eigenvalue weighted by Crippen LogP contribution is 2.21. The van der Waals surface area contributed by atoms with Crippen molar-refractivity contribution in [2.24, 2.45) is 0 Å². The number of nitrogens with zero attached hydrogens (tertiary/aromatic N) is 1. The van der Waals surface area contributed by atoms with Crippen molar-refractivity contribution >= 4 is 10.9 Å². The molecule has 1 N–H and O–H groups in total. The summed E-state index contributed by atoms with van der Waals surface area (Å²) in [6.45, 7) is 4.05. The Morgan fingerprint density at radius 2 is 1.83 bits per heavy atom. The lowest BCUT2D eigenvalue weighted by atomic mass is 10.1. The van der Waals surface area contributed by atoms with E-state index in [1.165, 1.54) is 0 Å². The van der Waals surface area contributed by atoms with Gasteiger partial charge in [0.2, 0.25) is 0 Å². The molecule has 3 rings (SSSR count). The average molecular weight is 305 g/mol. The Bertz CT molecular complexity index is 796. The van der Waals surface area contributed by atoms with Gasteiger partial charge in [-0.1, -0.05) is 42.5 Å². The van der Waals surface area contributed by atoms with E-state index in [0.29, 0.717) is 13.0 Å². The first-order valence-corrected chi connectivity index (χ1v) is 7.62. The van der Waals surface area contributed by atoms with Gasteiger partial charge in [0.25, 0.3) is 0 Å². The maximum Gasteiger partial charge on any atom is 0.130 e. The second-order valence-corrected chi connectivity index (χ2v) is 5.39. The van der Waals surface area contributed by atoms with Crippen LogP contribution in [0.4, 0.5) is 0 Å². The number of aromatic nitrogens is 1. The molecule has 0 bridgehead atoms. The van der Waals surface area contributed by atoms with Gasteiger partial charge in [-0.2, -0.15) is 0 Å². The highest BCUT2D eigenvalue weighted by atomic mass is 16.5. The summed E-state index contributed by atoms with van der Waals surface area (Å²) in [7, 11) is 0. The zero-order valence-corrected chi connectivity index (χ0v) is 12.9. The maximum absolute atomic E-state index is 9.90. The van der Waals surface area contributed by atoms with Crippen LogP contribution in [0.5, 0.6) is 5.75 Å². The lowest BCUT2D eigenvalue weighted by Crippen LogP contribution is -1.99. The quantitative estimate of drug-likeness (QED) is 0.685. The van der Waals surface area contributed by atoms with Crippen LogP contribution in [0.1, 0.15) is 23.8 Å². The number of hydrogen-bond acceptors (Lipinski definition) is 3. The Balaban J connectivity index is 1.66. The van der Waals surface area contributed by atoms with Gasteiger partial charge in [0.05, 0.1) is 17.3 Å². The van der Waals surface area contributed by atoms with Crippen molar-refractivity contribution in [3.8, 4) is 5.75 Å². The number of fused-ring (bicyclic) bond motifs is 1. The number of para-hydroxylation sites is 1. The van der Waals surface area contributed by atoms with E-state index in [-0.39, 0.29) is 0 Å². The van der Waals surface area contributed by atoms with Crippen LogP contribution in [0.25, 0.3) is 10.9 Å². The standard InChI is InChI=1S/C20H19NO2/c1-2-5-20(22)16-9-12-18(13-10-16)23-14-17-11-8-15-6-3-4-7-19(15)21-17/h2-4,6-13,20,22H,1,5,14H2. The third-order valence-electron chi connectivity index (χ3n) is 3.70. The summed E-state index contributed by atoms with van der Waals surface area (Å²) in [6, 6.07) is 19.5. The zero-order valence-electron chi connectivity index (χ0n) is 12.9. The minimum atomic E-state index is -0.510. The van der Waals surface area contributed by atoms with Crippen LogP contribution >= 0.6 is 0 Å². The van der Waals surface area contributed by atoms with Crippen LogP contribution in [0.15, 0.2) is 73.3 Å². The first kappa shape index (κ1) is 15.3. The molecule has 0 fully saturated rings. The Morgan fingerprint density at radius 3 is 2.61 bits per heavy atom. The van der Waals surface area contributed by atoms with Crippen molar-refractivity contribution < 1.29 is 9.84 Å². The molecule has 3 nitrogen and oxygen atoms in total. The van der Waals surface area contributed by atoms with E-state index < -0.39 is 6.10 Å². The van der Waals surface area contributed by atoms with Gasteiger partial charge in [0, 0.05) is 5.39 Å². The number of pyridine rings is 1. The minimum Gasteiger partial charge on any atom is -0.487 e. The number of hydrogen-bond donors (Lipinski definition) is 1. The van der Waals surface area contributed by atoms with Crippen LogP contribution in [0.2, 0.25) is 0 Å². The van der Waals surface area contributed by atoms with Crippen LogP contribution in [0.3, 0.4) is 0 Å². The van der Waals surface area contributed by atoms with E-state index >= 15 is 0 Å². The largest absolute Gasteiger partial charge is 0.487 e. The summed E-state index contributed by atoms with van der Waals surface area (Å²) in [5.74, 6) is 0.759. The highest BCUT2D eigenvalue weighted by molar-refractivity contribution is 5.78. The molecule has 0 radical (unpaired) electrons. The van der Waals surface area contributed by atoms with Gasteiger partial charge >= 0.3 is 0 Å². The summed E-state index contributed by atoms with van der Waals surface area (Å²) >= 11 is 0. The SMILES string of the molecule is C=CCC(O)c1ccc(OCc2ccc3ccccc3n2)cc1. The van der Waals surface area contributed by atoms with Crippen LogP contribution in [-0.4, -0.2) is 10.1 Å². The van der Waals surface area contributed by atoms with E-state index in [9.17, 15) is 5.11 Å². The molecule has 0 spiro atoms. The molecule has 3 heteroatoms. The molecule has 2 aromatic carbocycles. The van der Waals surface area contributed by atoms with Crippen molar-refractivity contribution in [1.82, 2.24) is 4.98 Å². The average Bonchev–Trinajstić information content (AvgIpc) is 2.60. The van der Waals surface area contributed by atoms with Gasteiger partial charge in [-0.05, 0) is 36.2 Å². The molecule has 1 aromatic heterocycles. The smallest absolute Gasteiger partial charge is 0.130 e. The molecule has 0 aliphatic rings. The number of ether oxygens (including phenoxy) is 1. The molecule has 1 unspecified atom stereocenters. The lowest BCUT2D eigenvalue weighted by molar-refractivity contribution is 0.181. The number of benzene rings is 2. The van der Waals surface area contributed by atoms with E-state index in [1.54, 1.807) is 6.08 Å². The van der Waals surface area contributed by atoms with E-state index in [1.807, 2.05) is 54.6 Å². The number of rotatable bonds is 6. The lowest BCUT2D eigenvalue weighted by Gasteiger charge is -2.10. The molecular weight excluding hydrogens is 286 g/mol. The third kappa shape index (κ3) is 3.76. The maximum atomic E-state index is 9.90. The molecule has 1 heterocycles. The minimum absolute atomic E-state index is 0.416. The molecule has 0 amide bonds. The van der Waals surface area contributed by atoms with E-state index in [4.69, 9.17) is 4.74 Å². The summed E-state index contributed by atoms with van der Waals surface area (Å²) in [4.78, 5) is 4.58. The van der Waals surface area contributed by atoms with E-state index in [2.05, 4.69) is 17.6 Å². The molecule has 0 saturated carbocycles. The second-order valence-electron chi connectivity index (χ2n) is 5.39. The number of aliphatic hydroxyl groups is 1. The first-order valence-electron chi connectivity index (χ1n) is 7.62. The molecule has 116 valence electrons. The summed E-state index contributed by atoms with van der Waals surface area (Å²) < 4.78 is 5.77. The van der Waals surface area contributed by atoms with Crippen molar-refractivity contribution in [3.63, 3.8) is 0 Å². The number of aliphatic hydroxyl groups excluding tert-OH is 1. The Labute approximate surface area is 135 Å². The van der Waals surface area contributed by atoms with Gasteiger partial charge < -0.3 is 9.84 Å². The fourth-order valence-corrected chi connectivity index (χ4v) is 2.43. The Hall–Kier alpha value is -2.65. The Morgan fingerprint density at radius 1 is 1.04 bits per heavy atom. The Kier molecular flexibility index (Phi) is 4.69. The molecular formula is C20H19NO2. The first-order chi connectivity index (χ1) is 11.3. The molecule has 1 atom stereocenters. The molecule has 3 aromatic rings. The fraction of sp³-hybridized carbons (Fsp3) is 0.150. The van der Waals surface area contributed by atoms with Gasteiger partial charge in [-0.3, -0.25) is 0 Å².